The predicted octanol–water partition coefficient (Wildman–Crippen LogP) is 4.53. The lowest BCUT2D eigenvalue weighted by atomic mass is 10.1. The van der Waals surface area contributed by atoms with Crippen LogP contribution in [-0.4, -0.2) is 58.2 Å². The van der Waals surface area contributed by atoms with E-state index in [0.29, 0.717) is 42.4 Å². The molecule has 14 heteroatoms. The highest BCUT2D eigenvalue weighted by atomic mass is 19.4. The van der Waals surface area contributed by atoms with E-state index < -0.39 is 58.2 Å². The minimum atomic E-state index is -4.79. The first-order chi connectivity index (χ1) is 18.9. The number of anilines is 1. The van der Waals surface area contributed by atoms with Gasteiger partial charge in [0.05, 0.1) is 5.39 Å². The van der Waals surface area contributed by atoms with Gasteiger partial charge < -0.3 is 10.2 Å². The number of alkyl halides is 3. The van der Waals surface area contributed by atoms with E-state index in [0.717, 1.165) is 0 Å². The van der Waals surface area contributed by atoms with Crippen molar-refractivity contribution in [2.24, 2.45) is 5.92 Å². The molecule has 3 aromatic rings. The van der Waals surface area contributed by atoms with Crippen LogP contribution in [0.1, 0.15) is 36.5 Å². The third-order valence-electron chi connectivity index (χ3n) is 7.01. The number of halogens is 6. The molecule has 0 radical (unpaired) electrons. The SMILES string of the molecule is CCN1CCCN(c2ccc3c(=O)c(C(=O)N[C@@H](C4CC4)C(F)(F)F)cn(-c4c(F)cc(F)cc4F)c3n2)C1=O. The van der Waals surface area contributed by atoms with E-state index in [2.05, 4.69) is 4.98 Å². The first-order valence-corrected chi connectivity index (χ1v) is 12.6. The Hall–Kier alpha value is -4.10. The highest BCUT2D eigenvalue weighted by Gasteiger charge is 2.50. The Morgan fingerprint density at radius 3 is 2.38 bits per heavy atom. The van der Waals surface area contributed by atoms with Crippen LogP contribution in [0.3, 0.4) is 0 Å². The zero-order chi connectivity index (χ0) is 28.9. The van der Waals surface area contributed by atoms with E-state index in [4.69, 9.17) is 0 Å². The quantitative estimate of drug-likeness (QED) is 0.444. The molecule has 2 aromatic heterocycles. The van der Waals surface area contributed by atoms with Crippen LogP contribution in [0.5, 0.6) is 0 Å². The zero-order valence-corrected chi connectivity index (χ0v) is 21.1. The molecule has 2 aliphatic rings. The van der Waals surface area contributed by atoms with Crippen molar-refractivity contribution in [2.75, 3.05) is 24.5 Å². The summed E-state index contributed by atoms with van der Waals surface area (Å²) < 4.78 is 84.9. The number of rotatable bonds is 6. The maximum absolute atomic E-state index is 14.9. The Morgan fingerprint density at radius 1 is 1.10 bits per heavy atom. The third-order valence-corrected chi connectivity index (χ3v) is 7.01. The summed E-state index contributed by atoms with van der Waals surface area (Å²) >= 11 is 0. The number of pyridine rings is 2. The third kappa shape index (κ3) is 4.97. The molecule has 0 unspecified atom stereocenters. The molecular weight excluding hydrogens is 544 g/mol. The Labute approximate surface area is 223 Å². The van der Waals surface area contributed by atoms with Gasteiger partial charge in [0.15, 0.2) is 17.3 Å². The largest absolute Gasteiger partial charge is 0.408 e. The molecule has 1 saturated heterocycles. The highest BCUT2D eigenvalue weighted by Crippen LogP contribution is 2.40. The van der Waals surface area contributed by atoms with Crippen molar-refractivity contribution in [1.29, 1.82) is 0 Å². The molecular formula is C26H23F6N5O3. The molecule has 3 amide bonds. The summed E-state index contributed by atoms with van der Waals surface area (Å²) in [5.74, 6) is -6.29. The Kier molecular flexibility index (Phi) is 6.96. The smallest absolute Gasteiger partial charge is 0.340 e. The fourth-order valence-electron chi connectivity index (χ4n) is 4.84. The number of carbonyl (C=O) groups excluding carboxylic acids is 2. The number of amides is 3. The average Bonchev–Trinajstić information content (AvgIpc) is 3.72. The second kappa shape index (κ2) is 10.1. The number of aromatic nitrogens is 2. The van der Waals surface area contributed by atoms with Gasteiger partial charge in [-0.3, -0.25) is 19.1 Å². The average molecular weight is 567 g/mol. The van der Waals surface area contributed by atoms with E-state index in [1.54, 1.807) is 11.8 Å². The molecule has 3 heterocycles. The van der Waals surface area contributed by atoms with Gasteiger partial charge in [0.2, 0.25) is 5.43 Å². The Balaban J connectivity index is 1.69. The molecule has 5 rings (SSSR count). The lowest BCUT2D eigenvalue weighted by molar-refractivity contribution is -0.158. The first kappa shape index (κ1) is 27.5. The van der Waals surface area contributed by atoms with Gasteiger partial charge in [-0.1, -0.05) is 0 Å². The van der Waals surface area contributed by atoms with Crippen molar-refractivity contribution < 1.29 is 35.9 Å². The second-order valence-electron chi connectivity index (χ2n) is 9.70. The summed E-state index contributed by atoms with van der Waals surface area (Å²) in [7, 11) is 0. The number of hydrogen-bond acceptors (Lipinski definition) is 4. The van der Waals surface area contributed by atoms with Gasteiger partial charge in [-0.25, -0.2) is 22.9 Å². The maximum Gasteiger partial charge on any atom is 0.408 e. The van der Waals surface area contributed by atoms with Gasteiger partial charge in [0.1, 0.15) is 28.9 Å². The summed E-state index contributed by atoms with van der Waals surface area (Å²) in [6, 6.07) is 0.607. The van der Waals surface area contributed by atoms with E-state index in [9.17, 15) is 40.7 Å². The number of fused-ring (bicyclic) bond motifs is 1. The van der Waals surface area contributed by atoms with Crippen LogP contribution >= 0.6 is 0 Å². The standard InChI is InChI=1S/C26H23F6N5O3/c1-2-35-8-3-9-36(25(35)40)19-7-6-15-21(38)16(24(39)34-22(13-4-5-13)26(30,31)32)12-37(23(15)33-19)20-17(28)10-14(27)11-18(20)29/h6-7,10-13,22H,2-5,8-9H2,1H3,(H,34,39)/t22-/m0/s1. The van der Waals surface area contributed by atoms with Crippen LogP contribution in [0.15, 0.2) is 35.3 Å². The van der Waals surface area contributed by atoms with Gasteiger partial charge in [-0.15, -0.1) is 0 Å². The van der Waals surface area contributed by atoms with Crippen LogP contribution in [0.2, 0.25) is 0 Å². The number of benzene rings is 1. The second-order valence-corrected chi connectivity index (χ2v) is 9.70. The fraction of sp³-hybridized carbons (Fsp3) is 0.385. The van der Waals surface area contributed by atoms with Gasteiger partial charge in [0, 0.05) is 38.0 Å². The predicted molar refractivity (Wildman–Crippen MR) is 132 cm³/mol. The van der Waals surface area contributed by atoms with Gasteiger partial charge >= 0.3 is 12.2 Å². The molecule has 1 N–H and O–H groups in total. The number of nitrogens with one attached hydrogen (secondary N) is 1. The molecule has 212 valence electrons. The Bertz CT molecular complexity index is 1550. The van der Waals surface area contributed by atoms with Gasteiger partial charge in [-0.05, 0) is 44.2 Å². The van der Waals surface area contributed by atoms with Gasteiger partial charge in [-0.2, -0.15) is 13.2 Å². The number of carbonyl (C=O) groups is 2. The van der Waals surface area contributed by atoms with E-state index in [-0.39, 0.29) is 42.3 Å². The summed E-state index contributed by atoms with van der Waals surface area (Å²) in [5.41, 5.74) is -3.17. The normalized spacial score (nSPS) is 16.9. The van der Waals surface area contributed by atoms with Crippen molar-refractivity contribution in [2.45, 2.75) is 38.4 Å². The summed E-state index contributed by atoms with van der Waals surface area (Å²) in [5, 5.41) is 1.48. The van der Waals surface area contributed by atoms with E-state index in [1.165, 1.54) is 17.0 Å². The maximum atomic E-state index is 14.9. The number of urea groups is 1. The molecule has 40 heavy (non-hydrogen) atoms. The van der Waals surface area contributed by atoms with Crippen LogP contribution in [-0.2, 0) is 0 Å². The van der Waals surface area contributed by atoms with E-state index >= 15 is 0 Å². The minimum absolute atomic E-state index is 0.0369. The van der Waals surface area contributed by atoms with Crippen molar-refractivity contribution in [3.05, 3.63) is 63.7 Å². The molecule has 0 bridgehead atoms. The lowest BCUT2D eigenvalue weighted by Gasteiger charge is -2.34. The Morgan fingerprint density at radius 2 is 1.77 bits per heavy atom. The molecule has 1 saturated carbocycles. The van der Waals surface area contributed by atoms with Crippen molar-refractivity contribution in [1.82, 2.24) is 19.8 Å². The van der Waals surface area contributed by atoms with E-state index in [1.807, 2.05) is 5.32 Å². The molecule has 1 aliphatic heterocycles. The van der Waals surface area contributed by atoms with Crippen LogP contribution < -0.4 is 15.6 Å². The van der Waals surface area contributed by atoms with Crippen LogP contribution in [0, 0.1) is 23.4 Å². The monoisotopic (exact) mass is 567 g/mol. The number of nitrogens with zero attached hydrogens (tertiary/aromatic N) is 4. The summed E-state index contributed by atoms with van der Waals surface area (Å²) in [6.07, 6.45) is -3.06. The van der Waals surface area contributed by atoms with Crippen molar-refractivity contribution >= 4 is 28.8 Å². The molecule has 8 nitrogen and oxygen atoms in total. The highest BCUT2D eigenvalue weighted by molar-refractivity contribution is 5.98. The minimum Gasteiger partial charge on any atom is -0.340 e. The topological polar surface area (TPSA) is 87.5 Å². The fourth-order valence-corrected chi connectivity index (χ4v) is 4.84. The zero-order valence-electron chi connectivity index (χ0n) is 21.1. The summed E-state index contributed by atoms with van der Waals surface area (Å²) in [6.45, 7) is 2.97. The lowest BCUT2D eigenvalue weighted by Crippen LogP contribution is -2.49. The van der Waals surface area contributed by atoms with Crippen molar-refractivity contribution in [3.8, 4) is 5.69 Å². The summed E-state index contributed by atoms with van der Waals surface area (Å²) in [4.78, 5) is 46.3. The molecule has 1 atom stereocenters. The molecule has 1 aliphatic carbocycles. The molecule has 1 aromatic carbocycles. The first-order valence-electron chi connectivity index (χ1n) is 12.6. The molecule has 2 fully saturated rings. The number of hydrogen-bond donors (Lipinski definition) is 1. The van der Waals surface area contributed by atoms with Crippen LogP contribution in [0.4, 0.5) is 37.0 Å². The molecule has 0 spiro atoms. The van der Waals surface area contributed by atoms with Crippen LogP contribution in [0.25, 0.3) is 16.7 Å². The van der Waals surface area contributed by atoms with Gasteiger partial charge in [0.25, 0.3) is 5.91 Å². The van der Waals surface area contributed by atoms with Crippen molar-refractivity contribution in [3.63, 3.8) is 0 Å².